The number of hydrogen-bond acceptors (Lipinski definition) is 4. The Labute approximate surface area is 127 Å². The number of hydrogen-bond donors (Lipinski definition) is 2. The lowest BCUT2D eigenvalue weighted by Crippen LogP contribution is -2.57. The molecule has 2 amide bonds. The molecule has 7 heteroatoms. The summed E-state index contributed by atoms with van der Waals surface area (Å²) in [5.41, 5.74) is 3.51. The zero-order chi connectivity index (χ0) is 16.3. The van der Waals surface area contributed by atoms with Crippen LogP contribution in [-0.4, -0.2) is 47.1 Å². The van der Waals surface area contributed by atoms with E-state index >= 15 is 0 Å². The Morgan fingerprint density at radius 1 is 1.50 bits per heavy atom. The van der Waals surface area contributed by atoms with Gasteiger partial charge in [-0.15, -0.1) is 0 Å². The first-order valence-electron chi connectivity index (χ1n) is 7.12. The minimum atomic E-state index is -1.74. The van der Waals surface area contributed by atoms with Crippen molar-refractivity contribution in [3.05, 3.63) is 29.6 Å². The highest BCUT2D eigenvalue weighted by Crippen LogP contribution is 2.27. The quantitative estimate of drug-likeness (QED) is 0.855. The molecule has 1 aliphatic rings. The lowest BCUT2D eigenvalue weighted by atomic mass is 9.91. The molecular weight excluding hydrogens is 291 g/mol. The monoisotopic (exact) mass is 310 g/mol. The number of ether oxygens (including phenoxy) is 1. The average molecular weight is 310 g/mol. The van der Waals surface area contributed by atoms with Crippen molar-refractivity contribution in [2.24, 2.45) is 5.73 Å². The maximum atomic E-state index is 13.8. The lowest BCUT2D eigenvalue weighted by Gasteiger charge is -2.37. The summed E-state index contributed by atoms with van der Waals surface area (Å²) in [7, 11) is 0. The van der Waals surface area contributed by atoms with Crippen molar-refractivity contribution >= 4 is 11.8 Å². The Kier molecular flexibility index (Phi) is 4.65. The smallest absolute Gasteiger partial charge is 0.257 e. The first-order valence-corrected chi connectivity index (χ1v) is 7.12. The van der Waals surface area contributed by atoms with Crippen LogP contribution in [-0.2, 0) is 4.79 Å². The molecule has 1 aromatic carbocycles. The number of carbonyl (C=O) groups is 2. The van der Waals surface area contributed by atoms with Crippen LogP contribution in [0.4, 0.5) is 4.39 Å². The number of nitrogens with two attached hydrogens (primary N) is 1. The van der Waals surface area contributed by atoms with Crippen molar-refractivity contribution in [3.8, 4) is 5.75 Å². The van der Waals surface area contributed by atoms with Crippen molar-refractivity contribution in [1.82, 2.24) is 4.90 Å². The van der Waals surface area contributed by atoms with E-state index in [9.17, 15) is 19.1 Å². The van der Waals surface area contributed by atoms with Gasteiger partial charge in [0.15, 0.2) is 17.2 Å². The summed E-state index contributed by atoms with van der Waals surface area (Å²) in [6, 6.07) is 4.07. The zero-order valence-electron chi connectivity index (χ0n) is 12.3. The van der Waals surface area contributed by atoms with Crippen molar-refractivity contribution in [2.45, 2.75) is 25.4 Å². The average Bonchev–Trinajstić information content (AvgIpc) is 2.48. The molecular formula is C15H19FN2O4. The van der Waals surface area contributed by atoms with E-state index < -0.39 is 23.2 Å². The molecule has 0 aliphatic carbocycles. The third kappa shape index (κ3) is 3.04. The molecule has 3 N–H and O–H groups in total. The maximum Gasteiger partial charge on any atom is 0.257 e. The van der Waals surface area contributed by atoms with Crippen LogP contribution >= 0.6 is 0 Å². The van der Waals surface area contributed by atoms with Crippen LogP contribution in [0.2, 0.25) is 0 Å². The number of primary amides is 1. The lowest BCUT2D eigenvalue weighted by molar-refractivity contribution is -0.140. The van der Waals surface area contributed by atoms with Gasteiger partial charge in [0.1, 0.15) is 0 Å². The largest absolute Gasteiger partial charge is 0.490 e. The van der Waals surface area contributed by atoms with E-state index in [-0.39, 0.29) is 30.9 Å². The molecule has 1 fully saturated rings. The van der Waals surface area contributed by atoms with Crippen LogP contribution in [0.5, 0.6) is 5.75 Å². The van der Waals surface area contributed by atoms with Gasteiger partial charge in [-0.25, -0.2) is 4.39 Å². The number of nitrogens with zero attached hydrogens (tertiary/aromatic N) is 1. The van der Waals surface area contributed by atoms with Gasteiger partial charge < -0.3 is 20.5 Å². The fourth-order valence-electron chi connectivity index (χ4n) is 2.55. The predicted molar refractivity (Wildman–Crippen MR) is 76.9 cm³/mol. The number of piperidine rings is 1. The summed E-state index contributed by atoms with van der Waals surface area (Å²) < 4.78 is 19.0. The fraction of sp³-hybridized carbons (Fsp3) is 0.467. The minimum Gasteiger partial charge on any atom is -0.490 e. The van der Waals surface area contributed by atoms with E-state index in [0.29, 0.717) is 13.0 Å². The van der Waals surface area contributed by atoms with E-state index in [0.717, 1.165) is 0 Å². The second-order valence-corrected chi connectivity index (χ2v) is 5.28. The highest BCUT2D eigenvalue weighted by Gasteiger charge is 2.40. The molecule has 1 saturated heterocycles. The number of rotatable bonds is 4. The van der Waals surface area contributed by atoms with Gasteiger partial charge in [-0.2, -0.15) is 0 Å². The van der Waals surface area contributed by atoms with Crippen LogP contribution in [0.15, 0.2) is 18.2 Å². The van der Waals surface area contributed by atoms with Gasteiger partial charge in [-0.05, 0) is 31.9 Å². The summed E-state index contributed by atoms with van der Waals surface area (Å²) in [5.74, 6) is -2.12. The maximum absolute atomic E-state index is 13.8. The van der Waals surface area contributed by atoms with Crippen molar-refractivity contribution in [1.29, 1.82) is 0 Å². The molecule has 2 rings (SSSR count). The number of likely N-dealkylation sites (tertiary alicyclic amines) is 1. The molecule has 0 radical (unpaired) electrons. The van der Waals surface area contributed by atoms with Gasteiger partial charge in [0.05, 0.1) is 18.7 Å². The Bertz CT molecular complexity index is 593. The highest BCUT2D eigenvalue weighted by molar-refractivity contribution is 5.97. The number of β-amino-alcohol motifs (C(OH)–C–C–N with tert-alkyl or cyclic N) is 1. The van der Waals surface area contributed by atoms with Crippen LogP contribution in [0.3, 0.4) is 0 Å². The van der Waals surface area contributed by atoms with Gasteiger partial charge in [0.25, 0.3) is 11.8 Å². The van der Waals surface area contributed by atoms with Crippen LogP contribution in [0.1, 0.15) is 30.1 Å². The van der Waals surface area contributed by atoms with E-state index in [2.05, 4.69) is 0 Å². The molecule has 0 bridgehead atoms. The normalized spacial score (nSPS) is 21.5. The van der Waals surface area contributed by atoms with Crippen molar-refractivity contribution < 1.29 is 23.8 Å². The van der Waals surface area contributed by atoms with E-state index in [1.165, 1.54) is 23.1 Å². The second kappa shape index (κ2) is 6.31. The predicted octanol–water partition coefficient (Wildman–Crippen LogP) is 0.677. The van der Waals surface area contributed by atoms with Gasteiger partial charge in [-0.3, -0.25) is 9.59 Å². The first-order chi connectivity index (χ1) is 10.4. The Balaban J connectivity index is 2.28. The molecule has 1 aliphatic heterocycles. The van der Waals surface area contributed by atoms with E-state index in [4.69, 9.17) is 10.5 Å². The minimum absolute atomic E-state index is 0.0653. The molecule has 1 atom stereocenters. The molecule has 120 valence electrons. The van der Waals surface area contributed by atoms with Gasteiger partial charge in [0.2, 0.25) is 0 Å². The van der Waals surface area contributed by atoms with Gasteiger partial charge >= 0.3 is 0 Å². The van der Waals surface area contributed by atoms with Crippen LogP contribution < -0.4 is 10.5 Å². The van der Waals surface area contributed by atoms with Crippen LogP contribution in [0, 0.1) is 5.82 Å². The molecule has 0 aromatic heterocycles. The zero-order valence-corrected chi connectivity index (χ0v) is 12.3. The number of amides is 2. The Hall–Kier alpha value is -2.15. The molecule has 0 saturated carbocycles. The molecule has 6 nitrogen and oxygen atoms in total. The summed E-state index contributed by atoms with van der Waals surface area (Å²) in [4.78, 5) is 25.2. The summed E-state index contributed by atoms with van der Waals surface area (Å²) >= 11 is 0. The van der Waals surface area contributed by atoms with Gasteiger partial charge in [-0.1, -0.05) is 6.07 Å². The number of benzene rings is 1. The first kappa shape index (κ1) is 16.2. The van der Waals surface area contributed by atoms with E-state index in [1.807, 2.05) is 0 Å². The van der Waals surface area contributed by atoms with E-state index in [1.54, 1.807) is 6.92 Å². The topological polar surface area (TPSA) is 92.9 Å². The number of halogens is 1. The molecule has 0 spiro atoms. The van der Waals surface area contributed by atoms with Crippen molar-refractivity contribution in [3.63, 3.8) is 0 Å². The number of carbonyl (C=O) groups excluding carboxylic acids is 2. The summed E-state index contributed by atoms with van der Waals surface area (Å²) in [5, 5.41) is 10.2. The fourth-order valence-corrected chi connectivity index (χ4v) is 2.55. The molecule has 1 heterocycles. The van der Waals surface area contributed by atoms with Gasteiger partial charge in [0, 0.05) is 6.54 Å². The van der Waals surface area contributed by atoms with Crippen molar-refractivity contribution in [2.75, 3.05) is 19.7 Å². The number of aliphatic hydroxyl groups is 1. The standard InChI is InChI=1S/C15H19FN2O4/c1-2-22-12-10(5-3-6-11(12)16)13(19)18-8-4-7-15(21,9-18)14(17)20/h3,5-6,21H,2,4,7-9H2,1H3,(H2,17,20). The Morgan fingerprint density at radius 3 is 2.86 bits per heavy atom. The molecule has 1 aromatic rings. The number of para-hydroxylation sites is 1. The molecule has 22 heavy (non-hydrogen) atoms. The summed E-state index contributed by atoms with van der Waals surface area (Å²) in [6.07, 6.45) is 0.637. The Morgan fingerprint density at radius 2 is 2.23 bits per heavy atom. The second-order valence-electron chi connectivity index (χ2n) is 5.28. The summed E-state index contributed by atoms with van der Waals surface area (Å²) in [6.45, 7) is 2.06. The third-order valence-electron chi connectivity index (χ3n) is 3.70. The van der Waals surface area contributed by atoms with Crippen LogP contribution in [0.25, 0.3) is 0 Å². The molecule has 1 unspecified atom stereocenters. The highest BCUT2D eigenvalue weighted by atomic mass is 19.1. The third-order valence-corrected chi connectivity index (χ3v) is 3.70. The SMILES string of the molecule is CCOc1c(F)cccc1C(=O)N1CCCC(O)(C(N)=O)C1.